The van der Waals surface area contributed by atoms with Crippen molar-refractivity contribution < 1.29 is 33.8 Å². The van der Waals surface area contributed by atoms with Crippen molar-refractivity contribution in [3.63, 3.8) is 0 Å². The summed E-state index contributed by atoms with van der Waals surface area (Å²) in [6.07, 6.45) is 35.9. The quantitative estimate of drug-likeness (QED) is 0.0352. The van der Waals surface area contributed by atoms with E-state index in [2.05, 4.69) is 19.2 Å². The van der Waals surface area contributed by atoms with Gasteiger partial charge in [0.05, 0.1) is 19.0 Å². The van der Waals surface area contributed by atoms with Crippen LogP contribution in [0.4, 0.5) is 0 Å². The fourth-order valence-corrected chi connectivity index (χ4v) is 6.80. The summed E-state index contributed by atoms with van der Waals surface area (Å²) < 4.78 is 11.0. The molecule has 54 heavy (non-hydrogen) atoms. The molecule has 0 aliphatic rings. The van der Waals surface area contributed by atoms with Crippen LogP contribution in [0.25, 0.3) is 0 Å². The maximum atomic E-state index is 12.7. The summed E-state index contributed by atoms with van der Waals surface area (Å²) in [6, 6.07) is -1.42. The molecule has 1 amide bonds. The van der Waals surface area contributed by atoms with Gasteiger partial charge in [0.1, 0.15) is 6.61 Å². The van der Waals surface area contributed by atoms with Crippen LogP contribution in [-0.2, 0) is 28.7 Å². The van der Waals surface area contributed by atoms with Gasteiger partial charge in [0.25, 0.3) is 0 Å². The molecule has 10 heteroatoms. The monoisotopic (exact) mass is 768 g/mol. The third-order valence-electron chi connectivity index (χ3n) is 10.3. The van der Waals surface area contributed by atoms with Crippen LogP contribution >= 0.6 is 0 Å². The number of nitrogens with zero attached hydrogens (tertiary/aromatic N) is 1. The molecular weight excluding hydrogens is 684 g/mol. The molecule has 0 aromatic heterocycles. The molecule has 0 aliphatic heterocycles. The molecule has 0 fully saturated rings. The number of carbonyl (C=O) groups excluding carboxylic acids is 3. The lowest BCUT2D eigenvalue weighted by atomic mass is 10.0. The molecule has 10 nitrogen and oxygen atoms in total. The highest BCUT2D eigenvalue weighted by molar-refractivity contribution is 5.86. The minimum absolute atomic E-state index is 0.195. The van der Waals surface area contributed by atoms with Crippen molar-refractivity contribution >= 4 is 23.8 Å². The molecule has 0 aromatic rings. The highest BCUT2D eigenvalue weighted by atomic mass is 16.6. The molecule has 0 saturated carbocycles. The first-order valence-corrected chi connectivity index (χ1v) is 22.5. The Morgan fingerprint density at radius 3 is 1.22 bits per heavy atom. The van der Waals surface area contributed by atoms with Gasteiger partial charge in [-0.3, -0.25) is 19.2 Å². The lowest BCUT2D eigenvalue weighted by Gasteiger charge is -2.31. The van der Waals surface area contributed by atoms with Crippen LogP contribution in [0.3, 0.4) is 0 Å². The Morgan fingerprint density at radius 2 is 0.889 bits per heavy atom. The molecule has 0 aliphatic carbocycles. The lowest BCUT2D eigenvalue weighted by Crippen LogP contribution is -2.47. The highest BCUT2D eigenvalue weighted by Gasteiger charge is 2.24. The Balaban J connectivity index is 4.34. The van der Waals surface area contributed by atoms with Crippen LogP contribution in [0.2, 0.25) is 0 Å². The molecule has 0 aromatic carbocycles. The average Bonchev–Trinajstić information content (AvgIpc) is 3.14. The van der Waals surface area contributed by atoms with Crippen LogP contribution in [0.1, 0.15) is 226 Å². The topological polar surface area (TPSA) is 145 Å². The van der Waals surface area contributed by atoms with Gasteiger partial charge in [0.2, 0.25) is 5.91 Å². The van der Waals surface area contributed by atoms with E-state index in [0.717, 1.165) is 45.6 Å². The van der Waals surface area contributed by atoms with Gasteiger partial charge in [0, 0.05) is 12.8 Å². The predicted molar refractivity (Wildman–Crippen MR) is 220 cm³/mol. The van der Waals surface area contributed by atoms with Crippen molar-refractivity contribution in [2.45, 2.75) is 238 Å². The molecule has 0 radical (unpaired) electrons. The number of aliphatic carboxylic acids is 1. The van der Waals surface area contributed by atoms with Gasteiger partial charge in [-0.2, -0.15) is 0 Å². The standard InChI is InChI=1S/C44H83N2O8/c1-4-6-8-10-12-14-16-18-20-22-24-26-28-30-32-34-42(49)53-38-39(37-45-44(51)40(46(3)52)36-41(47)48)54-43(50)35-33-31-29-27-25-23-21-19-17-15-13-11-9-7-5-2/h39-40H,4-38H2,1-3H3,(H,45,51)(H,47,48)/q-1. The smallest absolute Gasteiger partial charge is 0.306 e. The zero-order valence-electron chi connectivity index (χ0n) is 35.2. The summed E-state index contributed by atoms with van der Waals surface area (Å²) >= 11 is 0. The van der Waals surface area contributed by atoms with Gasteiger partial charge in [-0.1, -0.05) is 194 Å². The number of rotatable bonds is 41. The number of carboxylic acids is 1. The number of ether oxygens (including phenoxy) is 2. The van der Waals surface area contributed by atoms with E-state index in [1.165, 1.54) is 148 Å². The van der Waals surface area contributed by atoms with E-state index >= 15 is 0 Å². The third kappa shape index (κ3) is 35.5. The van der Waals surface area contributed by atoms with Crippen molar-refractivity contribution in [2.24, 2.45) is 0 Å². The molecule has 0 saturated heterocycles. The number of esters is 2. The first-order valence-electron chi connectivity index (χ1n) is 22.5. The molecule has 0 rings (SSSR count). The molecule has 0 bridgehead atoms. The zero-order valence-corrected chi connectivity index (χ0v) is 35.2. The molecular formula is C44H83N2O8-. The number of carbonyl (C=O) groups is 4. The second-order valence-corrected chi connectivity index (χ2v) is 15.6. The summed E-state index contributed by atoms with van der Waals surface area (Å²) in [5.41, 5.74) is 0. The van der Waals surface area contributed by atoms with Crippen molar-refractivity contribution in [3.05, 3.63) is 5.21 Å². The van der Waals surface area contributed by atoms with Gasteiger partial charge >= 0.3 is 17.9 Å². The number of amides is 1. The highest BCUT2D eigenvalue weighted by Crippen LogP contribution is 2.16. The second-order valence-electron chi connectivity index (χ2n) is 15.6. The Bertz CT molecular complexity index is 900. The van der Waals surface area contributed by atoms with Crippen molar-refractivity contribution in [3.8, 4) is 0 Å². The molecule has 2 N–H and O–H groups in total. The fourth-order valence-electron chi connectivity index (χ4n) is 6.80. The number of unbranched alkanes of at least 4 members (excludes halogenated alkanes) is 28. The first-order chi connectivity index (χ1) is 26.2. The summed E-state index contributed by atoms with van der Waals surface area (Å²) in [7, 11) is 1.09. The molecule has 0 heterocycles. The average molecular weight is 768 g/mol. The second kappa shape index (κ2) is 39.1. The summed E-state index contributed by atoms with van der Waals surface area (Å²) in [6.45, 7) is 4.09. The zero-order chi connectivity index (χ0) is 39.9. The maximum absolute atomic E-state index is 12.7. The Morgan fingerprint density at radius 1 is 0.556 bits per heavy atom. The fraction of sp³-hybridized carbons (Fsp3) is 0.909. The van der Waals surface area contributed by atoms with E-state index in [-0.39, 0.29) is 37.0 Å². The van der Waals surface area contributed by atoms with Crippen LogP contribution < -0.4 is 5.32 Å². The number of hydrogen-bond donors (Lipinski definition) is 2. The number of hydrogen-bond acceptors (Lipinski definition) is 8. The van der Waals surface area contributed by atoms with Crippen molar-refractivity contribution in [1.29, 1.82) is 0 Å². The molecule has 0 spiro atoms. The van der Waals surface area contributed by atoms with Crippen LogP contribution in [0.5, 0.6) is 0 Å². The largest absolute Gasteiger partial charge is 0.785 e. The number of likely N-dealkylation sites (N-methyl/N-ethyl adjacent to an activating group) is 1. The van der Waals surface area contributed by atoms with Crippen LogP contribution in [-0.4, -0.2) is 66.3 Å². The van der Waals surface area contributed by atoms with E-state index in [4.69, 9.17) is 14.6 Å². The Hall–Kier alpha value is -2.20. The summed E-state index contributed by atoms with van der Waals surface area (Å²) in [5, 5.41) is 23.7. The van der Waals surface area contributed by atoms with Crippen LogP contribution in [0.15, 0.2) is 0 Å². The van der Waals surface area contributed by atoms with Gasteiger partial charge < -0.3 is 30.2 Å². The summed E-state index contributed by atoms with van der Waals surface area (Å²) in [5.74, 6) is -2.90. The molecule has 2 unspecified atom stereocenters. The van der Waals surface area contributed by atoms with Crippen molar-refractivity contribution in [1.82, 2.24) is 10.4 Å². The van der Waals surface area contributed by atoms with Crippen molar-refractivity contribution in [2.75, 3.05) is 20.2 Å². The van der Waals surface area contributed by atoms with E-state index < -0.39 is 36.4 Å². The molecule has 2 atom stereocenters. The minimum Gasteiger partial charge on any atom is -0.785 e. The lowest BCUT2D eigenvalue weighted by molar-refractivity contribution is -0.159. The van der Waals surface area contributed by atoms with E-state index in [0.29, 0.717) is 6.42 Å². The maximum Gasteiger partial charge on any atom is 0.306 e. The number of hydroxylamine groups is 2. The minimum atomic E-state index is -1.42. The first kappa shape index (κ1) is 51.8. The summed E-state index contributed by atoms with van der Waals surface area (Å²) in [4.78, 5) is 48.9. The van der Waals surface area contributed by atoms with Gasteiger partial charge in [0.15, 0.2) is 6.10 Å². The van der Waals surface area contributed by atoms with Gasteiger partial charge in [-0.15, -0.1) is 0 Å². The van der Waals surface area contributed by atoms with E-state index in [1.807, 2.05) is 0 Å². The number of nitrogens with one attached hydrogen (secondary N) is 1. The van der Waals surface area contributed by atoms with Gasteiger partial charge in [-0.25, -0.2) is 0 Å². The SMILES string of the molecule is CCCCCCCCCCCCCCCCCC(=O)OCC(CNC(=O)C(CC(=O)O)N(C)[O-])OC(=O)CCCCCCCCCCCCCCCCC. The van der Waals surface area contributed by atoms with E-state index in [9.17, 15) is 24.4 Å². The van der Waals surface area contributed by atoms with Crippen LogP contribution in [0, 0.1) is 5.21 Å². The Labute approximate surface area is 330 Å². The molecule has 318 valence electrons. The normalized spacial score (nSPS) is 12.5. The predicted octanol–water partition coefficient (Wildman–Crippen LogP) is 11.4. The van der Waals surface area contributed by atoms with Gasteiger partial charge in [-0.05, 0) is 19.9 Å². The Kier molecular flexibility index (Phi) is 37.5. The third-order valence-corrected chi connectivity index (χ3v) is 10.3. The number of carboxylic acid groups (broad SMARTS) is 1. The van der Waals surface area contributed by atoms with E-state index in [1.54, 1.807) is 0 Å².